The van der Waals surface area contributed by atoms with Crippen molar-refractivity contribution in [2.24, 2.45) is 0 Å². The monoisotopic (exact) mass is 303 g/mol. The highest BCUT2D eigenvalue weighted by molar-refractivity contribution is 9.09. The van der Waals surface area contributed by atoms with Crippen molar-refractivity contribution in [2.45, 2.75) is 42.8 Å². The molecule has 18 heavy (non-hydrogen) atoms. The summed E-state index contributed by atoms with van der Waals surface area (Å²) in [6.07, 6.45) is 8.57. The Hall–Kier alpha value is -0.890. The van der Waals surface area contributed by atoms with E-state index in [1.54, 1.807) is 0 Å². The molecule has 1 aliphatic carbocycles. The van der Waals surface area contributed by atoms with Crippen molar-refractivity contribution in [1.29, 1.82) is 0 Å². The van der Waals surface area contributed by atoms with Crippen molar-refractivity contribution in [1.82, 2.24) is 4.98 Å². The summed E-state index contributed by atoms with van der Waals surface area (Å²) in [7, 11) is 0. The van der Waals surface area contributed by atoms with Gasteiger partial charge in [0.15, 0.2) is 0 Å². The molecule has 2 aromatic rings. The van der Waals surface area contributed by atoms with Crippen LogP contribution in [0.4, 0.5) is 0 Å². The zero-order chi connectivity index (χ0) is 12.4. The Labute approximate surface area is 117 Å². The van der Waals surface area contributed by atoms with Gasteiger partial charge in [-0.2, -0.15) is 0 Å². The number of halogens is 1. The summed E-state index contributed by atoms with van der Waals surface area (Å²) >= 11 is 3.89. The molecule has 1 aliphatic rings. The van der Waals surface area contributed by atoms with Crippen molar-refractivity contribution in [3.63, 3.8) is 0 Å². The first-order valence-electron chi connectivity index (χ1n) is 6.83. The van der Waals surface area contributed by atoms with Gasteiger partial charge in [0.2, 0.25) is 0 Å². The van der Waals surface area contributed by atoms with E-state index in [-0.39, 0.29) is 0 Å². The zero-order valence-corrected chi connectivity index (χ0v) is 12.1. The highest BCUT2D eigenvalue weighted by Gasteiger charge is 2.22. The number of pyridine rings is 1. The molecule has 0 N–H and O–H groups in total. The Balaban J connectivity index is 1.97. The summed E-state index contributed by atoms with van der Waals surface area (Å²) < 4.78 is 0. The third kappa shape index (κ3) is 2.44. The van der Waals surface area contributed by atoms with E-state index >= 15 is 0 Å². The molecule has 1 aromatic carbocycles. The van der Waals surface area contributed by atoms with Crippen LogP contribution in [0.2, 0.25) is 0 Å². The highest BCUT2D eigenvalue weighted by atomic mass is 79.9. The van der Waals surface area contributed by atoms with E-state index in [1.165, 1.54) is 43.1 Å². The molecule has 0 spiro atoms. The molecule has 1 saturated carbocycles. The first-order chi connectivity index (χ1) is 8.84. The third-order valence-electron chi connectivity index (χ3n) is 3.99. The molecule has 0 bridgehead atoms. The molecule has 3 rings (SSSR count). The number of fused-ring (bicyclic) bond motifs is 1. The van der Waals surface area contributed by atoms with Crippen molar-refractivity contribution in [2.75, 3.05) is 0 Å². The van der Waals surface area contributed by atoms with E-state index < -0.39 is 0 Å². The first kappa shape index (κ1) is 12.2. The molecule has 1 nitrogen and oxygen atoms in total. The topological polar surface area (TPSA) is 12.9 Å². The highest BCUT2D eigenvalue weighted by Crippen LogP contribution is 2.37. The molecule has 1 aromatic heterocycles. The van der Waals surface area contributed by atoms with Crippen LogP contribution >= 0.6 is 15.9 Å². The van der Waals surface area contributed by atoms with E-state index in [9.17, 15) is 0 Å². The van der Waals surface area contributed by atoms with E-state index in [2.05, 4.69) is 45.2 Å². The maximum atomic E-state index is 4.39. The Morgan fingerprint density at radius 2 is 1.94 bits per heavy atom. The second kappa shape index (κ2) is 5.40. The average molecular weight is 304 g/mol. The average Bonchev–Trinajstić information content (AvgIpc) is 2.63. The van der Waals surface area contributed by atoms with Crippen LogP contribution in [0, 0.1) is 0 Å². The van der Waals surface area contributed by atoms with Crippen LogP contribution in [0.15, 0.2) is 36.5 Å². The van der Waals surface area contributed by atoms with Crippen LogP contribution in [0.3, 0.4) is 0 Å². The molecule has 2 heteroatoms. The van der Waals surface area contributed by atoms with E-state index in [4.69, 9.17) is 0 Å². The summed E-state index contributed by atoms with van der Waals surface area (Å²) in [5.41, 5.74) is 2.57. The van der Waals surface area contributed by atoms with Gasteiger partial charge in [0.1, 0.15) is 0 Å². The normalized spacial score (nSPS) is 24.9. The second-order valence-electron chi connectivity index (χ2n) is 5.22. The molecule has 2 atom stereocenters. The zero-order valence-electron chi connectivity index (χ0n) is 10.5. The number of benzene rings is 1. The summed E-state index contributed by atoms with van der Waals surface area (Å²) in [4.78, 5) is 5.03. The molecule has 94 valence electrons. The Morgan fingerprint density at radius 3 is 2.89 bits per heavy atom. The lowest BCUT2D eigenvalue weighted by atomic mass is 9.91. The van der Waals surface area contributed by atoms with Crippen LogP contribution in [-0.4, -0.2) is 9.81 Å². The summed E-state index contributed by atoms with van der Waals surface area (Å²) in [5.74, 6) is 0.664. The van der Waals surface area contributed by atoms with Gasteiger partial charge in [0.25, 0.3) is 0 Å². The van der Waals surface area contributed by atoms with Gasteiger partial charge in [-0.1, -0.05) is 47.3 Å². The molecular formula is C16H18BrN. The minimum Gasteiger partial charge on any atom is -0.256 e. The Morgan fingerprint density at radius 1 is 1.06 bits per heavy atom. The fourth-order valence-corrected chi connectivity index (χ4v) is 3.86. The van der Waals surface area contributed by atoms with Crippen molar-refractivity contribution < 1.29 is 0 Å². The molecule has 0 aliphatic heterocycles. The molecular weight excluding hydrogens is 286 g/mol. The quantitative estimate of drug-likeness (QED) is 0.531. The Bertz CT molecular complexity index is 537. The number of hydrogen-bond acceptors (Lipinski definition) is 1. The summed E-state index contributed by atoms with van der Waals surface area (Å²) in [6, 6.07) is 10.9. The van der Waals surface area contributed by atoms with Gasteiger partial charge in [-0.25, -0.2) is 0 Å². The van der Waals surface area contributed by atoms with Crippen molar-refractivity contribution in [3.8, 4) is 0 Å². The van der Waals surface area contributed by atoms with Gasteiger partial charge >= 0.3 is 0 Å². The van der Waals surface area contributed by atoms with Gasteiger partial charge in [-0.15, -0.1) is 0 Å². The molecule has 0 saturated heterocycles. The third-order valence-corrected chi connectivity index (χ3v) is 5.08. The standard InChI is InChI=1S/C16H18BrN/c17-15-7-3-1-2-6-14(15)12-8-9-16-13(11-12)5-4-10-18-16/h4-5,8-11,14-15H,1-3,6-7H2. The SMILES string of the molecule is BrC1CCCCCC1c1ccc2ncccc2c1. The van der Waals surface area contributed by atoms with Gasteiger partial charge in [-0.3, -0.25) is 4.98 Å². The van der Waals surface area contributed by atoms with Crippen molar-refractivity contribution in [3.05, 3.63) is 42.1 Å². The fraction of sp³-hybridized carbons (Fsp3) is 0.438. The lowest BCUT2D eigenvalue weighted by Crippen LogP contribution is -2.10. The lowest BCUT2D eigenvalue weighted by Gasteiger charge is -2.20. The van der Waals surface area contributed by atoms with Gasteiger partial charge in [-0.05, 0) is 42.5 Å². The summed E-state index contributed by atoms with van der Waals surface area (Å²) in [5, 5.41) is 1.26. The first-order valence-corrected chi connectivity index (χ1v) is 7.75. The second-order valence-corrected chi connectivity index (χ2v) is 6.39. The number of aromatic nitrogens is 1. The smallest absolute Gasteiger partial charge is 0.0702 e. The van der Waals surface area contributed by atoms with Crippen LogP contribution in [0.5, 0.6) is 0 Å². The van der Waals surface area contributed by atoms with Gasteiger partial charge < -0.3 is 0 Å². The minimum absolute atomic E-state index is 0.633. The fourth-order valence-electron chi connectivity index (χ4n) is 2.96. The molecule has 1 fully saturated rings. The molecule has 2 unspecified atom stereocenters. The van der Waals surface area contributed by atoms with E-state index in [1.807, 2.05) is 12.3 Å². The van der Waals surface area contributed by atoms with E-state index in [0.717, 1.165) is 5.52 Å². The van der Waals surface area contributed by atoms with Crippen LogP contribution in [0.25, 0.3) is 10.9 Å². The largest absolute Gasteiger partial charge is 0.256 e. The number of nitrogens with zero attached hydrogens (tertiary/aromatic N) is 1. The molecule has 1 heterocycles. The van der Waals surface area contributed by atoms with Crippen LogP contribution in [0.1, 0.15) is 43.6 Å². The Kier molecular flexibility index (Phi) is 3.64. The maximum Gasteiger partial charge on any atom is 0.0702 e. The number of rotatable bonds is 1. The predicted octanol–water partition coefficient (Wildman–Crippen LogP) is 5.05. The van der Waals surface area contributed by atoms with Crippen LogP contribution in [-0.2, 0) is 0 Å². The number of alkyl halides is 1. The predicted molar refractivity (Wildman–Crippen MR) is 80.3 cm³/mol. The van der Waals surface area contributed by atoms with Gasteiger partial charge in [0.05, 0.1) is 5.52 Å². The summed E-state index contributed by atoms with van der Waals surface area (Å²) in [6.45, 7) is 0. The number of hydrogen-bond donors (Lipinski definition) is 0. The van der Waals surface area contributed by atoms with Gasteiger partial charge in [0, 0.05) is 16.4 Å². The maximum absolute atomic E-state index is 4.39. The molecule has 0 amide bonds. The lowest BCUT2D eigenvalue weighted by molar-refractivity contribution is 0.613. The van der Waals surface area contributed by atoms with Crippen LogP contribution < -0.4 is 0 Å². The molecule has 0 radical (unpaired) electrons. The van der Waals surface area contributed by atoms with Crippen molar-refractivity contribution >= 4 is 26.8 Å². The van der Waals surface area contributed by atoms with E-state index in [0.29, 0.717) is 10.7 Å². The minimum atomic E-state index is 0.633.